The average Bonchev–Trinajstić information content (AvgIpc) is 2.35. The van der Waals surface area contributed by atoms with Crippen LogP contribution in [0.3, 0.4) is 0 Å². The van der Waals surface area contributed by atoms with Crippen LogP contribution in [0.15, 0.2) is 0 Å². The molecule has 1 heterocycles. The van der Waals surface area contributed by atoms with Crippen LogP contribution in [0.4, 0.5) is 0 Å². The van der Waals surface area contributed by atoms with Crippen molar-refractivity contribution in [2.24, 2.45) is 0 Å². The van der Waals surface area contributed by atoms with Gasteiger partial charge in [-0.2, -0.15) is 0 Å². The number of carbonyl (C=O) groups excluding carboxylic acids is 2. The van der Waals surface area contributed by atoms with Gasteiger partial charge in [-0.3, -0.25) is 9.59 Å². The molecular formula is C12H21NO5S. The normalized spacial score (nSPS) is 21.7. The van der Waals surface area contributed by atoms with Gasteiger partial charge in [-0.05, 0) is 26.7 Å². The molecule has 1 saturated heterocycles. The third-order valence-corrected chi connectivity index (χ3v) is 5.33. The van der Waals surface area contributed by atoms with E-state index in [1.807, 2.05) is 0 Å². The zero-order chi connectivity index (χ0) is 14.5. The minimum absolute atomic E-state index is 0.0559. The minimum atomic E-state index is -3.37. The molecule has 0 saturated carbocycles. The van der Waals surface area contributed by atoms with E-state index in [0.29, 0.717) is 19.4 Å². The van der Waals surface area contributed by atoms with Gasteiger partial charge in [0.15, 0.2) is 9.84 Å². The molecular weight excluding hydrogens is 270 g/mol. The van der Waals surface area contributed by atoms with Gasteiger partial charge in [0.2, 0.25) is 5.91 Å². The van der Waals surface area contributed by atoms with Gasteiger partial charge in [-0.25, -0.2) is 8.42 Å². The number of nitrogens with zero attached hydrogens (tertiary/aromatic N) is 1. The molecule has 0 radical (unpaired) electrons. The molecule has 1 fully saturated rings. The van der Waals surface area contributed by atoms with Crippen LogP contribution in [0, 0.1) is 0 Å². The van der Waals surface area contributed by atoms with Crippen molar-refractivity contribution in [3.8, 4) is 0 Å². The van der Waals surface area contributed by atoms with Gasteiger partial charge in [-0.15, -0.1) is 0 Å². The summed E-state index contributed by atoms with van der Waals surface area (Å²) in [6, 6.07) is 0. The van der Waals surface area contributed by atoms with Crippen molar-refractivity contribution in [1.29, 1.82) is 0 Å². The molecule has 1 amide bonds. The van der Waals surface area contributed by atoms with Crippen molar-refractivity contribution in [2.45, 2.75) is 38.4 Å². The largest absolute Gasteiger partial charge is 0.465 e. The van der Waals surface area contributed by atoms with Crippen LogP contribution in [0.25, 0.3) is 0 Å². The predicted molar refractivity (Wildman–Crippen MR) is 70.3 cm³/mol. The number of sulfone groups is 1. The smallest absolute Gasteiger partial charge is 0.325 e. The van der Waals surface area contributed by atoms with E-state index < -0.39 is 27.0 Å². The van der Waals surface area contributed by atoms with E-state index in [4.69, 9.17) is 4.74 Å². The number of amides is 1. The number of hydrogen-bond donors (Lipinski definition) is 0. The van der Waals surface area contributed by atoms with Crippen LogP contribution >= 0.6 is 0 Å². The van der Waals surface area contributed by atoms with Gasteiger partial charge in [0, 0.05) is 6.54 Å². The number of carbonyl (C=O) groups is 2. The molecule has 19 heavy (non-hydrogen) atoms. The standard InChI is InChI=1S/C12H21NO5S/c1-3-13(9-11(14)18-4-2)12(15)10-7-5-6-8-19(10,16)17/h10H,3-9H2,1-2H3. The first-order valence-electron chi connectivity index (χ1n) is 6.58. The fourth-order valence-electron chi connectivity index (χ4n) is 2.14. The summed E-state index contributed by atoms with van der Waals surface area (Å²) in [5.41, 5.74) is 0. The first-order chi connectivity index (χ1) is 8.92. The topological polar surface area (TPSA) is 80.8 Å². The molecule has 1 rings (SSSR count). The van der Waals surface area contributed by atoms with Crippen LogP contribution in [0.1, 0.15) is 33.1 Å². The van der Waals surface area contributed by atoms with Gasteiger partial charge in [0.1, 0.15) is 11.8 Å². The fraction of sp³-hybridized carbons (Fsp3) is 0.833. The fourth-order valence-corrected chi connectivity index (χ4v) is 4.02. The van der Waals surface area contributed by atoms with E-state index in [2.05, 4.69) is 0 Å². The number of rotatable bonds is 5. The SMILES string of the molecule is CCOC(=O)CN(CC)C(=O)C1CCCCS1(=O)=O. The monoisotopic (exact) mass is 291 g/mol. The zero-order valence-corrected chi connectivity index (χ0v) is 12.2. The molecule has 0 aromatic carbocycles. The summed E-state index contributed by atoms with van der Waals surface area (Å²) in [5.74, 6) is -0.929. The Morgan fingerprint density at radius 2 is 1.95 bits per heavy atom. The quantitative estimate of drug-likeness (QED) is 0.683. The average molecular weight is 291 g/mol. The summed E-state index contributed by atoms with van der Waals surface area (Å²) >= 11 is 0. The highest BCUT2D eigenvalue weighted by molar-refractivity contribution is 7.92. The molecule has 0 aromatic rings. The van der Waals surface area contributed by atoms with Crippen LogP contribution in [0.2, 0.25) is 0 Å². The van der Waals surface area contributed by atoms with E-state index in [1.165, 1.54) is 4.90 Å². The lowest BCUT2D eigenvalue weighted by Gasteiger charge is -2.27. The van der Waals surface area contributed by atoms with Gasteiger partial charge >= 0.3 is 5.97 Å². The Morgan fingerprint density at radius 3 is 2.47 bits per heavy atom. The predicted octanol–water partition coefficient (Wildman–Crippen LogP) is 0.365. The minimum Gasteiger partial charge on any atom is -0.465 e. The van der Waals surface area contributed by atoms with Gasteiger partial charge in [0.25, 0.3) is 0 Å². The number of esters is 1. The lowest BCUT2D eigenvalue weighted by atomic mass is 10.1. The van der Waals surface area contributed by atoms with Crippen LogP contribution < -0.4 is 0 Å². The third kappa shape index (κ3) is 4.19. The van der Waals surface area contributed by atoms with E-state index in [9.17, 15) is 18.0 Å². The maximum Gasteiger partial charge on any atom is 0.325 e. The van der Waals surface area contributed by atoms with Crippen LogP contribution in [-0.2, 0) is 24.2 Å². The maximum atomic E-state index is 12.2. The molecule has 6 nitrogen and oxygen atoms in total. The van der Waals surface area contributed by atoms with Crippen LogP contribution in [0.5, 0.6) is 0 Å². The van der Waals surface area contributed by atoms with Crippen LogP contribution in [-0.4, -0.2) is 55.9 Å². The summed E-state index contributed by atoms with van der Waals surface area (Å²) in [4.78, 5) is 24.9. The van der Waals surface area contributed by atoms with E-state index in [0.717, 1.165) is 6.42 Å². The van der Waals surface area contributed by atoms with Crippen molar-refractivity contribution in [3.63, 3.8) is 0 Å². The third-order valence-electron chi connectivity index (χ3n) is 3.17. The lowest BCUT2D eigenvalue weighted by Crippen LogP contribution is -2.47. The Bertz CT molecular complexity index is 431. The van der Waals surface area contributed by atoms with Crippen molar-refractivity contribution < 1.29 is 22.7 Å². The molecule has 0 aliphatic carbocycles. The zero-order valence-electron chi connectivity index (χ0n) is 11.4. The van der Waals surface area contributed by atoms with Gasteiger partial charge < -0.3 is 9.64 Å². The molecule has 7 heteroatoms. The molecule has 110 valence electrons. The number of ether oxygens (including phenoxy) is 1. The van der Waals surface area contributed by atoms with E-state index in [1.54, 1.807) is 13.8 Å². The summed E-state index contributed by atoms with van der Waals surface area (Å²) in [6.07, 6.45) is 1.68. The Balaban J connectivity index is 2.75. The summed E-state index contributed by atoms with van der Waals surface area (Å²) < 4.78 is 28.6. The van der Waals surface area contributed by atoms with E-state index in [-0.39, 0.29) is 18.9 Å². The second-order valence-electron chi connectivity index (χ2n) is 4.51. The second-order valence-corrected chi connectivity index (χ2v) is 6.81. The molecule has 1 aliphatic rings. The van der Waals surface area contributed by atoms with Crippen molar-refractivity contribution in [2.75, 3.05) is 25.4 Å². The number of hydrogen-bond acceptors (Lipinski definition) is 5. The van der Waals surface area contributed by atoms with Crippen molar-refractivity contribution >= 4 is 21.7 Å². The Labute approximate surface area is 114 Å². The summed E-state index contributed by atoms with van der Waals surface area (Å²) in [6.45, 7) is 3.75. The molecule has 1 unspecified atom stereocenters. The highest BCUT2D eigenvalue weighted by atomic mass is 32.2. The lowest BCUT2D eigenvalue weighted by molar-refractivity contribution is -0.148. The Hall–Kier alpha value is -1.11. The molecule has 0 bridgehead atoms. The maximum absolute atomic E-state index is 12.2. The Morgan fingerprint density at radius 1 is 1.26 bits per heavy atom. The highest BCUT2D eigenvalue weighted by Crippen LogP contribution is 2.21. The Kier molecular flexibility index (Phi) is 5.78. The van der Waals surface area contributed by atoms with Gasteiger partial charge in [0.05, 0.1) is 12.4 Å². The van der Waals surface area contributed by atoms with Crippen molar-refractivity contribution in [3.05, 3.63) is 0 Å². The highest BCUT2D eigenvalue weighted by Gasteiger charge is 2.37. The summed E-state index contributed by atoms with van der Waals surface area (Å²) in [5, 5.41) is -0.990. The molecule has 1 atom stereocenters. The molecule has 0 N–H and O–H groups in total. The molecule has 0 spiro atoms. The first kappa shape index (κ1) is 15.9. The molecule has 0 aromatic heterocycles. The first-order valence-corrected chi connectivity index (χ1v) is 8.29. The number of likely N-dealkylation sites (N-methyl/N-ethyl adjacent to an activating group) is 1. The second kappa shape index (κ2) is 6.88. The summed E-state index contributed by atoms with van der Waals surface area (Å²) in [7, 11) is -3.37. The van der Waals surface area contributed by atoms with E-state index >= 15 is 0 Å². The van der Waals surface area contributed by atoms with Gasteiger partial charge in [-0.1, -0.05) is 6.42 Å². The molecule has 1 aliphatic heterocycles. The van der Waals surface area contributed by atoms with Crippen molar-refractivity contribution in [1.82, 2.24) is 4.90 Å².